The van der Waals surface area contributed by atoms with Crippen LogP contribution in [0.15, 0.2) is 37.1 Å². The van der Waals surface area contributed by atoms with E-state index in [1.165, 1.54) is 25.6 Å². The van der Waals surface area contributed by atoms with E-state index in [0.29, 0.717) is 11.5 Å². The molecule has 0 atom stereocenters. The Balaban J connectivity index is 1.64. The van der Waals surface area contributed by atoms with Crippen molar-refractivity contribution in [1.29, 1.82) is 0 Å². The molecule has 0 spiro atoms. The molecule has 2 aromatic heterocycles. The normalized spacial score (nSPS) is 14.6. The summed E-state index contributed by atoms with van der Waals surface area (Å²) in [5.41, 5.74) is 2.19. The molecule has 0 saturated heterocycles. The number of carbonyl (C=O) groups is 1. The van der Waals surface area contributed by atoms with Crippen molar-refractivity contribution in [3.8, 4) is 11.3 Å². The standard InChI is InChI=1S/C15H16N4O/c20-15(19-6-11-2-1-3-11)12-4-5-14(18-9-12)13-7-16-10-17-8-13/h4-5,7-11H,1-3,6H2,(H,19,20). The summed E-state index contributed by atoms with van der Waals surface area (Å²) in [7, 11) is 0. The van der Waals surface area contributed by atoms with Crippen LogP contribution < -0.4 is 5.32 Å². The SMILES string of the molecule is O=C(NCC1CCC1)c1ccc(-c2cncnc2)nc1. The maximum absolute atomic E-state index is 12.0. The highest BCUT2D eigenvalue weighted by atomic mass is 16.1. The number of carbonyl (C=O) groups excluding carboxylic acids is 1. The largest absolute Gasteiger partial charge is 0.352 e. The average Bonchev–Trinajstić information content (AvgIpc) is 2.46. The molecule has 0 aromatic carbocycles. The van der Waals surface area contributed by atoms with Gasteiger partial charge >= 0.3 is 0 Å². The van der Waals surface area contributed by atoms with Crippen LogP contribution in [0, 0.1) is 5.92 Å². The van der Waals surface area contributed by atoms with Crippen LogP contribution in [-0.2, 0) is 0 Å². The van der Waals surface area contributed by atoms with Crippen LogP contribution >= 0.6 is 0 Å². The van der Waals surface area contributed by atoms with E-state index in [-0.39, 0.29) is 5.91 Å². The summed E-state index contributed by atoms with van der Waals surface area (Å²) in [6.45, 7) is 0.771. The van der Waals surface area contributed by atoms with E-state index in [1.54, 1.807) is 24.7 Å². The molecule has 5 nitrogen and oxygen atoms in total. The molecule has 102 valence electrons. The zero-order valence-corrected chi connectivity index (χ0v) is 11.1. The smallest absolute Gasteiger partial charge is 0.252 e. The Morgan fingerprint density at radius 1 is 1.20 bits per heavy atom. The molecule has 1 amide bonds. The van der Waals surface area contributed by atoms with Crippen molar-refractivity contribution in [2.75, 3.05) is 6.54 Å². The third-order valence-corrected chi connectivity index (χ3v) is 3.66. The van der Waals surface area contributed by atoms with Gasteiger partial charge < -0.3 is 5.32 Å². The van der Waals surface area contributed by atoms with Gasteiger partial charge in [-0.15, -0.1) is 0 Å². The van der Waals surface area contributed by atoms with Gasteiger partial charge in [0.1, 0.15) is 6.33 Å². The molecule has 0 radical (unpaired) electrons. The Kier molecular flexibility index (Phi) is 3.67. The first-order valence-corrected chi connectivity index (χ1v) is 6.82. The fourth-order valence-corrected chi connectivity index (χ4v) is 2.17. The van der Waals surface area contributed by atoms with E-state index in [2.05, 4.69) is 20.3 Å². The third kappa shape index (κ3) is 2.82. The van der Waals surface area contributed by atoms with Gasteiger partial charge in [-0.05, 0) is 30.9 Å². The molecule has 0 bridgehead atoms. The number of hydrogen-bond acceptors (Lipinski definition) is 4. The van der Waals surface area contributed by atoms with Crippen molar-refractivity contribution in [1.82, 2.24) is 20.3 Å². The minimum Gasteiger partial charge on any atom is -0.352 e. The fourth-order valence-electron chi connectivity index (χ4n) is 2.17. The Morgan fingerprint density at radius 3 is 2.60 bits per heavy atom. The molecule has 1 N–H and O–H groups in total. The van der Waals surface area contributed by atoms with Crippen molar-refractivity contribution in [2.24, 2.45) is 5.92 Å². The highest BCUT2D eigenvalue weighted by Crippen LogP contribution is 2.25. The molecule has 0 aliphatic heterocycles. The molecule has 5 heteroatoms. The number of nitrogens with zero attached hydrogens (tertiary/aromatic N) is 3. The van der Waals surface area contributed by atoms with Crippen molar-refractivity contribution in [2.45, 2.75) is 19.3 Å². The molecule has 3 rings (SSSR count). The summed E-state index contributed by atoms with van der Waals surface area (Å²) in [6.07, 6.45) is 10.2. The predicted molar refractivity (Wildman–Crippen MR) is 74.9 cm³/mol. The van der Waals surface area contributed by atoms with E-state index in [9.17, 15) is 4.79 Å². The van der Waals surface area contributed by atoms with Crippen LogP contribution in [-0.4, -0.2) is 27.4 Å². The second kappa shape index (κ2) is 5.77. The number of rotatable bonds is 4. The Morgan fingerprint density at radius 2 is 2.00 bits per heavy atom. The maximum atomic E-state index is 12.0. The number of nitrogens with one attached hydrogen (secondary N) is 1. The van der Waals surface area contributed by atoms with Gasteiger partial charge in [0.2, 0.25) is 0 Å². The zero-order valence-electron chi connectivity index (χ0n) is 11.1. The van der Waals surface area contributed by atoms with Gasteiger partial charge in [-0.2, -0.15) is 0 Å². The van der Waals surface area contributed by atoms with Crippen LogP contribution in [0.2, 0.25) is 0 Å². The van der Waals surface area contributed by atoms with Crippen molar-refractivity contribution < 1.29 is 4.79 Å². The zero-order chi connectivity index (χ0) is 13.8. The van der Waals surface area contributed by atoms with Gasteiger partial charge in [0.25, 0.3) is 5.91 Å². The number of hydrogen-bond donors (Lipinski definition) is 1. The fraction of sp³-hybridized carbons (Fsp3) is 0.333. The molecule has 1 aliphatic rings. The molecule has 1 saturated carbocycles. The van der Waals surface area contributed by atoms with Gasteiger partial charge in [-0.25, -0.2) is 9.97 Å². The van der Waals surface area contributed by atoms with Crippen molar-refractivity contribution in [3.05, 3.63) is 42.6 Å². The first-order chi connectivity index (χ1) is 9.83. The van der Waals surface area contributed by atoms with Gasteiger partial charge in [0, 0.05) is 30.7 Å². The second-order valence-electron chi connectivity index (χ2n) is 5.07. The first-order valence-electron chi connectivity index (χ1n) is 6.82. The summed E-state index contributed by atoms with van der Waals surface area (Å²) in [5.74, 6) is 0.605. The lowest BCUT2D eigenvalue weighted by atomic mass is 9.85. The lowest BCUT2D eigenvalue weighted by molar-refractivity contribution is 0.0938. The highest BCUT2D eigenvalue weighted by molar-refractivity contribution is 5.94. The average molecular weight is 268 g/mol. The van der Waals surface area contributed by atoms with E-state index < -0.39 is 0 Å². The molecular weight excluding hydrogens is 252 g/mol. The lowest BCUT2D eigenvalue weighted by Crippen LogP contribution is -2.32. The van der Waals surface area contributed by atoms with Gasteiger partial charge in [-0.1, -0.05) is 6.42 Å². The summed E-state index contributed by atoms with van der Waals surface area (Å²) in [5, 5.41) is 2.96. The Bertz CT molecular complexity index is 579. The molecule has 20 heavy (non-hydrogen) atoms. The molecular formula is C15H16N4O. The van der Waals surface area contributed by atoms with Crippen molar-refractivity contribution >= 4 is 5.91 Å². The van der Waals surface area contributed by atoms with Crippen LogP contribution in [0.5, 0.6) is 0 Å². The van der Waals surface area contributed by atoms with Crippen LogP contribution in [0.4, 0.5) is 0 Å². The molecule has 1 aliphatic carbocycles. The number of amides is 1. The predicted octanol–water partition coefficient (Wildman–Crippen LogP) is 2.07. The monoisotopic (exact) mass is 268 g/mol. The van der Waals surface area contributed by atoms with E-state index in [1.807, 2.05) is 6.07 Å². The third-order valence-electron chi connectivity index (χ3n) is 3.66. The minimum absolute atomic E-state index is 0.0553. The Labute approximate surface area is 117 Å². The van der Waals surface area contributed by atoms with Crippen LogP contribution in [0.3, 0.4) is 0 Å². The molecule has 2 aromatic rings. The Hall–Kier alpha value is -2.30. The summed E-state index contributed by atoms with van der Waals surface area (Å²) >= 11 is 0. The molecule has 2 heterocycles. The van der Waals surface area contributed by atoms with Gasteiger partial charge in [0.05, 0.1) is 11.3 Å². The lowest BCUT2D eigenvalue weighted by Gasteiger charge is -2.25. The maximum Gasteiger partial charge on any atom is 0.252 e. The highest BCUT2D eigenvalue weighted by Gasteiger charge is 2.18. The van der Waals surface area contributed by atoms with Gasteiger partial charge in [-0.3, -0.25) is 9.78 Å². The minimum atomic E-state index is -0.0553. The topological polar surface area (TPSA) is 67.8 Å². The summed E-state index contributed by atoms with van der Waals surface area (Å²) in [6, 6.07) is 3.60. The first kappa shape index (κ1) is 12.7. The van der Waals surface area contributed by atoms with Gasteiger partial charge in [0.15, 0.2) is 0 Å². The van der Waals surface area contributed by atoms with E-state index >= 15 is 0 Å². The molecule has 1 fully saturated rings. The quantitative estimate of drug-likeness (QED) is 0.921. The summed E-state index contributed by atoms with van der Waals surface area (Å²) < 4.78 is 0. The molecule has 0 unspecified atom stereocenters. The van der Waals surface area contributed by atoms with Crippen LogP contribution in [0.25, 0.3) is 11.3 Å². The van der Waals surface area contributed by atoms with Crippen LogP contribution in [0.1, 0.15) is 29.6 Å². The van der Waals surface area contributed by atoms with Crippen molar-refractivity contribution in [3.63, 3.8) is 0 Å². The second-order valence-corrected chi connectivity index (χ2v) is 5.07. The van der Waals surface area contributed by atoms with E-state index in [0.717, 1.165) is 17.8 Å². The number of pyridine rings is 1. The van der Waals surface area contributed by atoms with E-state index in [4.69, 9.17) is 0 Å². The summed E-state index contributed by atoms with van der Waals surface area (Å²) in [4.78, 5) is 24.2. The number of aromatic nitrogens is 3.